The first-order valence-electron chi connectivity index (χ1n) is 9.75. The summed E-state index contributed by atoms with van der Waals surface area (Å²) in [7, 11) is 0. The van der Waals surface area contributed by atoms with E-state index < -0.39 is 0 Å². The Balaban J connectivity index is 2.01. The van der Waals surface area contributed by atoms with Crippen molar-refractivity contribution in [1.29, 1.82) is 0 Å². The van der Waals surface area contributed by atoms with Gasteiger partial charge in [-0.15, -0.1) is 0 Å². The lowest BCUT2D eigenvalue weighted by molar-refractivity contribution is -0.129. The van der Waals surface area contributed by atoms with Crippen molar-refractivity contribution < 1.29 is 4.79 Å². The number of hydrogen-bond acceptors (Lipinski definition) is 2. The molecule has 0 bridgehead atoms. The molecule has 1 aliphatic heterocycles. The molecule has 1 heterocycles. The van der Waals surface area contributed by atoms with Crippen molar-refractivity contribution in [3.8, 4) is 0 Å². The number of aryl methyl sites for hydroxylation is 1. The molecule has 1 fully saturated rings. The molecule has 1 atom stereocenters. The van der Waals surface area contributed by atoms with E-state index >= 15 is 0 Å². The van der Waals surface area contributed by atoms with Gasteiger partial charge in [-0.25, -0.2) is 0 Å². The monoisotopic (exact) mass is 358 g/mol. The molecule has 5 heteroatoms. The van der Waals surface area contributed by atoms with E-state index in [-0.39, 0.29) is 17.4 Å². The van der Waals surface area contributed by atoms with Gasteiger partial charge in [-0.1, -0.05) is 50.6 Å². The lowest BCUT2D eigenvalue weighted by Gasteiger charge is -2.25. The molecule has 0 spiro atoms. The van der Waals surface area contributed by atoms with Crippen LogP contribution in [0.1, 0.15) is 51.7 Å². The minimum Gasteiger partial charge on any atom is -0.357 e. The van der Waals surface area contributed by atoms with Crippen molar-refractivity contribution in [2.45, 2.75) is 58.9 Å². The molecular formula is C21H34N4O. The standard InChI is InChI=1S/C21H34N4O/c1-6-19(26)25-12-11-18(14-25)24-20(22-7-2)23-15-21(4,5)17-10-8-9-16(3)13-17/h8-10,13,18H,6-7,11-12,14-15H2,1-5H3,(H2,22,23,24). The molecule has 144 valence electrons. The molecule has 0 radical (unpaired) electrons. The highest BCUT2D eigenvalue weighted by atomic mass is 16.2. The summed E-state index contributed by atoms with van der Waals surface area (Å²) in [4.78, 5) is 18.6. The largest absolute Gasteiger partial charge is 0.357 e. The zero-order valence-electron chi connectivity index (χ0n) is 16.9. The van der Waals surface area contributed by atoms with E-state index in [1.807, 2.05) is 11.8 Å². The van der Waals surface area contributed by atoms with Crippen LogP contribution in [-0.2, 0) is 10.2 Å². The molecule has 1 aliphatic rings. The molecule has 1 unspecified atom stereocenters. The highest BCUT2D eigenvalue weighted by molar-refractivity contribution is 5.80. The quantitative estimate of drug-likeness (QED) is 0.607. The Morgan fingerprint density at radius 1 is 1.35 bits per heavy atom. The Kier molecular flexibility index (Phi) is 7.06. The van der Waals surface area contributed by atoms with Gasteiger partial charge in [0.15, 0.2) is 5.96 Å². The van der Waals surface area contributed by atoms with Gasteiger partial charge < -0.3 is 15.5 Å². The minimum atomic E-state index is -0.0335. The second kappa shape index (κ2) is 9.06. The SMILES string of the molecule is CCNC(=NCC(C)(C)c1cccc(C)c1)NC1CCN(C(=O)CC)C1. The third kappa shape index (κ3) is 5.48. The number of hydrogen-bond donors (Lipinski definition) is 2. The summed E-state index contributed by atoms with van der Waals surface area (Å²) in [5.74, 6) is 1.07. The Bertz CT molecular complexity index is 639. The summed E-state index contributed by atoms with van der Waals surface area (Å²) in [5.41, 5.74) is 2.54. The summed E-state index contributed by atoms with van der Waals surface area (Å²) in [6, 6.07) is 8.91. The van der Waals surface area contributed by atoms with Gasteiger partial charge >= 0.3 is 0 Å². The second-order valence-corrected chi connectivity index (χ2v) is 7.77. The van der Waals surface area contributed by atoms with E-state index in [9.17, 15) is 4.79 Å². The predicted octanol–water partition coefficient (Wildman–Crippen LogP) is 2.84. The first-order chi connectivity index (χ1) is 12.4. The van der Waals surface area contributed by atoms with Crippen molar-refractivity contribution in [1.82, 2.24) is 15.5 Å². The van der Waals surface area contributed by atoms with Crippen molar-refractivity contribution in [3.05, 3.63) is 35.4 Å². The first kappa shape index (κ1) is 20.3. The number of rotatable bonds is 6. The predicted molar refractivity (Wildman–Crippen MR) is 109 cm³/mol. The number of amides is 1. The van der Waals surface area contributed by atoms with Gasteiger partial charge in [0.1, 0.15) is 0 Å². The molecule has 0 aliphatic carbocycles. The molecular weight excluding hydrogens is 324 g/mol. The highest BCUT2D eigenvalue weighted by Crippen LogP contribution is 2.24. The fourth-order valence-electron chi connectivity index (χ4n) is 3.28. The minimum absolute atomic E-state index is 0.0335. The first-order valence-corrected chi connectivity index (χ1v) is 9.75. The van der Waals surface area contributed by atoms with Crippen LogP contribution in [0.3, 0.4) is 0 Å². The fraction of sp³-hybridized carbons (Fsp3) is 0.619. The van der Waals surface area contributed by atoms with Crippen molar-refractivity contribution in [2.75, 3.05) is 26.2 Å². The smallest absolute Gasteiger partial charge is 0.222 e. The highest BCUT2D eigenvalue weighted by Gasteiger charge is 2.26. The van der Waals surface area contributed by atoms with Crippen LogP contribution in [0, 0.1) is 6.92 Å². The van der Waals surface area contributed by atoms with Crippen molar-refractivity contribution in [2.24, 2.45) is 4.99 Å². The lowest BCUT2D eigenvalue weighted by atomic mass is 9.84. The Hall–Kier alpha value is -2.04. The van der Waals surface area contributed by atoms with E-state index in [2.05, 4.69) is 62.6 Å². The maximum atomic E-state index is 11.9. The lowest BCUT2D eigenvalue weighted by Crippen LogP contribution is -2.45. The molecule has 1 aromatic carbocycles. The Morgan fingerprint density at radius 3 is 2.77 bits per heavy atom. The molecule has 0 aromatic heterocycles. The molecule has 1 amide bonds. The van der Waals surface area contributed by atoms with Gasteiger partial charge in [0.05, 0.1) is 6.54 Å². The average molecular weight is 359 g/mol. The van der Waals surface area contributed by atoms with Crippen LogP contribution in [0.2, 0.25) is 0 Å². The molecule has 5 nitrogen and oxygen atoms in total. The van der Waals surface area contributed by atoms with Crippen LogP contribution in [0.15, 0.2) is 29.3 Å². The van der Waals surface area contributed by atoms with E-state index in [1.165, 1.54) is 11.1 Å². The molecule has 1 aromatic rings. The van der Waals surface area contributed by atoms with Gasteiger partial charge in [0.25, 0.3) is 0 Å². The molecule has 0 saturated carbocycles. The maximum absolute atomic E-state index is 11.9. The number of nitrogens with zero attached hydrogens (tertiary/aromatic N) is 2. The normalized spacial score (nSPS) is 18.1. The number of carbonyl (C=O) groups excluding carboxylic acids is 1. The second-order valence-electron chi connectivity index (χ2n) is 7.77. The van der Waals surface area contributed by atoms with Crippen LogP contribution in [-0.4, -0.2) is 49.0 Å². The van der Waals surface area contributed by atoms with Gasteiger partial charge in [-0.2, -0.15) is 0 Å². The molecule has 26 heavy (non-hydrogen) atoms. The van der Waals surface area contributed by atoms with E-state index in [0.717, 1.165) is 32.0 Å². The van der Waals surface area contributed by atoms with Crippen LogP contribution >= 0.6 is 0 Å². The third-order valence-electron chi connectivity index (χ3n) is 4.96. The van der Waals surface area contributed by atoms with Gasteiger partial charge in [0, 0.05) is 37.5 Å². The average Bonchev–Trinajstić information content (AvgIpc) is 3.08. The summed E-state index contributed by atoms with van der Waals surface area (Å²) in [6.45, 7) is 13.7. The van der Waals surface area contributed by atoms with E-state index in [0.29, 0.717) is 13.0 Å². The topological polar surface area (TPSA) is 56.7 Å². The van der Waals surface area contributed by atoms with Crippen LogP contribution < -0.4 is 10.6 Å². The summed E-state index contributed by atoms with van der Waals surface area (Å²) in [6.07, 6.45) is 1.54. The van der Waals surface area contributed by atoms with Crippen LogP contribution in [0.5, 0.6) is 0 Å². The molecule has 2 rings (SSSR count). The van der Waals surface area contributed by atoms with Gasteiger partial charge in [0.2, 0.25) is 5.91 Å². The van der Waals surface area contributed by atoms with Gasteiger partial charge in [-0.05, 0) is 25.8 Å². The molecule has 2 N–H and O–H groups in total. The Morgan fingerprint density at radius 2 is 2.12 bits per heavy atom. The fourth-order valence-corrected chi connectivity index (χ4v) is 3.28. The summed E-state index contributed by atoms with van der Waals surface area (Å²) < 4.78 is 0. The van der Waals surface area contributed by atoms with Crippen molar-refractivity contribution >= 4 is 11.9 Å². The number of guanidine groups is 1. The third-order valence-corrected chi connectivity index (χ3v) is 4.96. The van der Waals surface area contributed by atoms with Gasteiger partial charge in [-0.3, -0.25) is 9.79 Å². The summed E-state index contributed by atoms with van der Waals surface area (Å²) in [5, 5.41) is 6.84. The van der Waals surface area contributed by atoms with Crippen molar-refractivity contribution in [3.63, 3.8) is 0 Å². The molecule has 1 saturated heterocycles. The number of carbonyl (C=O) groups is 1. The van der Waals surface area contributed by atoms with E-state index in [1.54, 1.807) is 0 Å². The van der Waals surface area contributed by atoms with E-state index in [4.69, 9.17) is 4.99 Å². The maximum Gasteiger partial charge on any atom is 0.222 e. The number of likely N-dealkylation sites (tertiary alicyclic amines) is 1. The Labute approximate surface area is 158 Å². The zero-order chi connectivity index (χ0) is 19.2. The summed E-state index contributed by atoms with van der Waals surface area (Å²) >= 11 is 0. The van der Waals surface area contributed by atoms with Crippen LogP contribution in [0.4, 0.5) is 0 Å². The number of aliphatic imine (C=N–C) groups is 1. The van der Waals surface area contributed by atoms with Crippen LogP contribution in [0.25, 0.3) is 0 Å². The zero-order valence-corrected chi connectivity index (χ0v) is 16.9. The number of nitrogens with one attached hydrogen (secondary N) is 2. The number of benzene rings is 1.